The number of piperidine rings is 1. The highest BCUT2D eigenvalue weighted by molar-refractivity contribution is 14.0. The van der Waals surface area contributed by atoms with Crippen LogP contribution in [0.1, 0.15) is 79.6 Å². The number of likely N-dealkylation sites (tertiary alicyclic amines) is 1. The summed E-state index contributed by atoms with van der Waals surface area (Å²) in [5.74, 6) is 1.01. The zero-order valence-electron chi connectivity index (χ0n) is 19.0. The third-order valence-corrected chi connectivity index (χ3v) is 6.23. The number of rotatable bonds is 9. The molecule has 2 fully saturated rings. The zero-order valence-corrected chi connectivity index (χ0v) is 21.4. The number of halogens is 1. The van der Waals surface area contributed by atoms with Crippen LogP contribution in [-0.4, -0.2) is 72.7 Å². The van der Waals surface area contributed by atoms with Crippen molar-refractivity contribution < 1.29 is 0 Å². The molecule has 6 heteroatoms. The molecule has 0 aromatic carbocycles. The van der Waals surface area contributed by atoms with E-state index in [0.717, 1.165) is 38.1 Å². The highest BCUT2D eigenvalue weighted by atomic mass is 127. The van der Waals surface area contributed by atoms with Gasteiger partial charge in [-0.3, -0.25) is 9.89 Å². The average Bonchev–Trinajstić information content (AvgIpc) is 3.16. The van der Waals surface area contributed by atoms with E-state index in [1.54, 1.807) is 0 Å². The molecule has 0 amide bonds. The molecule has 0 bridgehead atoms. The van der Waals surface area contributed by atoms with E-state index in [1.807, 2.05) is 0 Å². The fraction of sp³-hybridized carbons (Fsp3) is 0.955. The Labute approximate surface area is 191 Å². The third-order valence-electron chi connectivity index (χ3n) is 6.23. The number of guanidine groups is 1. The van der Waals surface area contributed by atoms with E-state index in [-0.39, 0.29) is 24.0 Å². The average molecular weight is 508 g/mol. The van der Waals surface area contributed by atoms with Crippen molar-refractivity contribution in [2.24, 2.45) is 4.99 Å². The summed E-state index contributed by atoms with van der Waals surface area (Å²) in [7, 11) is 0. The quantitative estimate of drug-likeness (QED) is 0.214. The van der Waals surface area contributed by atoms with Crippen molar-refractivity contribution in [1.29, 1.82) is 0 Å². The van der Waals surface area contributed by atoms with Crippen LogP contribution in [0, 0.1) is 0 Å². The van der Waals surface area contributed by atoms with Gasteiger partial charge < -0.3 is 15.5 Å². The predicted octanol–water partition coefficient (Wildman–Crippen LogP) is 4.08. The van der Waals surface area contributed by atoms with Crippen molar-refractivity contribution >= 4 is 29.9 Å². The zero-order chi connectivity index (χ0) is 19.6. The van der Waals surface area contributed by atoms with Crippen LogP contribution >= 0.6 is 24.0 Å². The molecule has 1 saturated carbocycles. The minimum absolute atomic E-state index is 0. The molecule has 1 aliphatic heterocycles. The first-order valence-electron chi connectivity index (χ1n) is 11.6. The summed E-state index contributed by atoms with van der Waals surface area (Å²) in [6.07, 6.45) is 9.33. The molecular weight excluding hydrogens is 461 g/mol. The predicted molar refractivity (Wildman–Crippen MR) is 133 cm³/mol. The molecule has 1 heterocycles. The van der Waals surface area contributed by atoms with Crippen molar-refractivity contribution in [2.75, 3.05) is 32.7 Å². The molecule has 1 saturated heterocycles. The summed E-state index contributed by atoms with van der Waals surface area (Å²) in [5, 5.41) is 7.14. The van der Waals surface area contributed by atoms with Gasteiger partial charge >= 0.3 is 0 Å². The fourth-order valence-corrected chi connectivity index (χ4v) is 4.75. The Morgan fingerprint density at radius 3 is 2.18 bits per heavy atom. The van der Waals surface area contributed by atoms with E-state index in [9.17, 15) is 0 Å². The molecule has 0 aromatic rings. The van der Waals surface area contributed by atoms with Gasteiger partial charge in [0.15, 0.2) is 5.96 Å². The lowest BCUT2D eigenvalue weighted by Gasteiger charge is -2.36. The van der Waals surface area contributed by atoms with E-state index in [4.69, 9.17) is 4.99 Å². The van der Waals surface area contributed by atoms with Crippen LogP contribution in [0.15, 0.2) is 4.99 Å². The van der Waals surface area contributed by atoms with Crippen molar-refractivity contribution in [1.82, 2.24) is 20.4 Å². The topological polar surface area (TPSA) is 42.9 Å². The van der Waals surface area contributed by atoms with Gasteiger partial charge in [0.05, 0.1) is 0 Å². The second kappa shape index (κ2) is 14.0. The smallest absolute Gasteiger partial charge is 0.191 e. The SMILES string of the molecule is CCNC(=NCCCN(C(C)C)C(C)C)NC1CCN(C2CCCC2)CC1.I. The molecule has 2 rings (SSSR count). The molecule has 2 N–H and O–H groups in total. The van der Waals surface area contributed by atoms with Crippen molar-refractivity contribution in [3.05, 3.63) is 0 Å². The maximum Gasteiger partial charge on any atom is 0.191 e. The minimum atomic E-state index is 0. The summed E-state index contributed by atoms with van der Waals surface area (Å²) in [6, 6.07) is 2.65. The highest BCUT2D eigenvalue weighted by Gasteiger charge is 2.27. The van der Waals surface area contributed by atoms with E-state index in [0.29, 0.717) is 18.1 Å². The first-order valence-corrected chi connectivity index (χ1v) is 11.6. The Morgan fingerprint density at radius 2 is 1.64 bits per heavy atom. The maximum atomic E-state index is 4.85. The molecule has 0 spiro atoms. The molecule has 28 heavy (non-hydrogen) atoms. The molecule has 2 aliphatic rings. The first kappa shape index (κ1) is 26.0. The van der Waals surface area contributed by atoms with E-state index < -0.39 is 0 Å². The lowest BCUT2D eigenvalue weighted by atomic mass is 10.0. The van der Waals surface area contributed by atoms with Crippen molar-refractivity contribution in [3.63, 3.8) is 0 Å². The van der Waals surface area contributed by atoms with E-state index in [1.165, 1.54) is 51.6 Å². The van der Waals surface area contributed by atoms with Gasteiger partial charge in [-0.2, -0.15) is 0 Å². The monoisotopic (exact) mass is 507 g/mol. The molecule has 0 radical (unpaired) electrons. The Kier molecular flexibility index (Phi) is 13.0. The molecule has 5 nitrogen and oxygen atoms in total. The van der Waals surface area contributed by atoms with Crippen molar-refractivity contribution in [3.8, 4) is 0 Å². The third kappa shape index (κ3) is 8.74. The standard InChI is InChI=1S/C22H45N5.HI/c1-6-23-22(24-14-9-15-27(18(2)3)19(4)5)25-20-12-16-26(17-13-20)21-10-7-8-11-21;/h18-21H,6-17H2,1-5H3,(H2,23,24,25);1H. The van der Waals surface area contributed by atoms with E-state index >= 15 is 0 Å². The first-order chi connectivity index (χ1) is 13.0. The summed E-state index contributed by atoms with van der Waals surface area (Å²) in [4.78, 5) is 10.1. The molecule has 0 unspecified atom stereocenters. The minimum Gasteiger partial charge on any atom is -0.357 e. The summed E-state index contributed by atoms with van der Waals surface area (Å²) >= 11 is 0. The lowest BCUT2D eigenvalue weighted by Crippen LogP contribution is -2.50. The van der Waals surface area contributed by atoms with Crippen LogP contribution in [0.25, 0.3) is 0 Å². The Morgan fingerprint density at radius 1 is 1.04 bits per heavy atom. The van der Waals surface area contributed by atoms with Crippen LogP contribution in [0.5, 0.6) is 0 Å². The number of hydrogen-bond donors (Lipinski definition) is 2. The van der Waals surface area contributed by atoms with Crippen LogP contribution in [0.2, 0.25) is 0 Å². The largest absolute Gasteiger partial charge is 0.357 e. The molecule has 0 atom stereocenters. The van der Waals surface area contributed by atoms with Gasteiger partial charge in [-0.1, -0.05) is 12.8 Å². The van der Waals surface area contributed by atoms with Gasteiger partial charge in [-0.15, -0.1) is 24.0 Å². The Balaban J connectivity index is 0.00000392. The van der Waals surface area contributed by atoms with Gasteiger partial charge in [0.2, 0.25) is 0 Å². The Bertz CT molecular complexity index is 419. The van der Waals surface area contributed by atoms with Crippen LogP contribution in [0.3, 0.4) is 0 Å². The van der Waals surface area contributed by atoms with E-state index in [2.05, 4.69) is 55.1 Å². The number of nitrogens with zero attached hydrogens (tertiary/aromatic N) is 3. The maximum absolute atomic E-state index is 4.85. The number of aliphatic imine (C=N–C) groups is 1. The van der Waals surface area contributed by atoms with Crippen molar-refractivity contribution in [2.45, 2.75) is 104 Å². The molecular formula is C22H46IN5. The molecule has 1 aliphatic carbocycles. The van der Waals surface area contributed by atoms with Crippen LogP contribution in [0.4, 0.5) is 0 Å². The van der Waals surface area contributed by atoms with Gasteiger partial charge in [0.1, 0.15) is 0 Å². The number of hydrogen-bond acceptors (Lipinski definition) is 3. The summed E-state index contributed by atoms with van der Waals surface area (Å²) in [6.45, 7) is 16.7. The lowest BCUT2D eigenvalue weighted by molar-refractivity contribution is 0.150. The second-order valence-electron chi connectivity index (χ2n) is 8.93. The van der Waals surface area contributed by atoms with Crippen LogP contribution in [-0.2, 0) is 0 Å². The van der Waals surface area contributed by atoms with Gasteiger partial charge in [0.25, 0.3) is 0 Å². The number of nitrogens with one attached hydrogen (secondary N) is 2. The normalized spacial score (nSPS) is 20.2. The molecule has 0 aromatic heterocycles. The second-order valence-corrected chi connectivity index (χ2v) is 8.93. The van der Waals surface area contributed by atoms with Gasteiger partial charge in [0, 0.05) is 56.9 Å². The highest BCUT2D eigenvalue weighted by Crippen LogP contribution is 2.26. The van der Waals surface area contributed by atoms with Crippen LogP contribution < -0.4 is 10.6 Å². The fourth-order valence-electron chi connectivity index (χ4n) is 4.75. The van der Waals surface area contributed by atoms with Gasteiger partial charge in [-0.25, -0.2) is 0 Å². The Hall–Kier alpha value is -0.0800. The summed E-state index contributed by atoms with van der Waals surface area (Å²) < 4.78 is 0. The van der Waals surface area contributed by atoms with Gasteiger partial charge in [-0.05, 0) is 66.7 Å². The molecule has 166 valence electrons. The summed E-state index contributed by atoms with van der Waals surface area (Å²) in [5.41, 5.74) is 0.